The van der Waals surface area contributed by atoms with Crippen LogP contribution in [0.25, 0.3) is 21.9 Å². The van der Waals surface area contributed by atoms with Crippen molar-refractivity contribution in [1.29, 1.82) is 0 Å². The Morgan fingerprint density at radius 2 is 1.78 bits per heavy atom. The van der Waals surface area contributed by atoms with Crippen LogP contribution in [0.1, 0.15) is 48.2 Å². The Labute approximate surface area is 188 Å². The van der Waals surface area contributed by atoms with Crippen molar-refractivity contribution in [1.82, 2.24) is 14.8 Å². The first-order chi connectivity index (χ1) is 15.6. The molecular weight excluding hydrogens is 398 g/mol. The first kappa shape index (κ1) is 20.4. The molecule has 0 amide bonds. The fraction of sp³-hybridized carbons (Fsp3) is 0.296. The predicted octanol–water partition coefficient (Wildman–Crippen LogP) is 5.77. The molecule has 1 aliphatic carbocycles. The zero-order valence-electron chi connectivity index (χ0n) is 18.3. The van der Waals surface area contributed by atoms with E-state index in [0.717, 1.165) is 46.2 Å². The number of Topliss-reactive ketones (excluding diaryl/α,β-unsaturated/α-hetero) is 1. The van der Waals surface area contributed by atoms with E-state index in [-0.39, 0.29) is 12.2 Å². The zero-order chi connectivity index (χ0) is 21.9. The molecule has 0 bridgehead atoms. The van der Waals surface area contributed by atoms with Crippen LogP contribution >= 0.6 is 0 Å². The molecule has 2 aromatic carbocycles. The lowest BCUT2D eigenvalue weighted by atomic mass is 9.98. The van der Waals surface area contributed by atoms with Crippen LogP contribution in [0.2, 0.25) is 0 Å². The number of ether oxygens (including phenoxy) is 1. The Kier molecular flexibility index (Phi) is 5.71. The van der Waals surface area contributed by atoms with Crippen molar-refractivity contribution in [3.05, 3.63) is 78.4 Å². The van der Waals surface area contributed by atoms with Crippen molar-refractivity contribution < 1.29 is 9.53 Å². The number of hydrogen-bond acceptors (Lipinski definition) is 4. The summed E-state index contributed by atoms with van der Waals surface area (Å²) in [6.45, 7) is 0. The zero-order valence-corrected chi connectivity index (χ0v) is 18.3. The molecular formula is C27H27N3O2. The second-order valence-corrected chi connectivity index (χ2v) is 8.64. The van der Waals surface area contributed by atoms with Gasteiger partial charge >= 0.3 is 0 Å². The largest absolute Gasteiger partial charge is 0.490 e. The molecule has 1 aliphatic rings. The summed E-state index contributed by atoms with van der Waals surface area (Å²) in [4.78, 5) is 17.4. The minimum Gasteiger partial charge on any atom is -0.490 e. The summed E-state index contributed by atoms with van der Waals surface area (Å²) in [5.41, 5.74) is 3.63. The van der Waals surface area contributed by atoms with Gasteiger partial charge in [-0.1, -0.05) is 18.6 Å². The summed E-state index contributed by atoms with van der Waals surface area (Å²) in [5, 5.41) is 6.38. The Morgan fingerprint density at radius 1 is 0.969 bits per heavy atom. The summed E-state index contributed by atoms with van der Waals surface area (Å²) in [6, 6.07) is 15.8. The number of rotatable bonds is 6. The molecule has 5 heteroatoms. The molecule has 1 saturated carbocycles. The van der Waals surface area contributed by atoms with Gasteiger partial charge in [-0.2, -0.15) is 5.10 Å². The number of ketones is 1. The summed E-state index contributed by atoms with van der Waals surface area (Å²) < 4.78 is 7.87. The molecule has 5 rings (SSSR count). The van der Waals surface area contributed by atoms with Crippen LogP contribution in [0.5, 0.6) is 5.75 Å². The summed E-state index contributed by atoms with van der Waals surface area (Å²) in [6.07, 6.45) is 12.3. The SMILES string of the molecule is Cn1cc(-c2ccc3cnc(CC(=O)c4ccc(OC5CCCCC5)cc4)cc3c2)cn1. The average molecular weight is 426 g/mol. The van der Waals surface area contributed by atoms with E-state index in [1.807, 2.05) is 56.0 Å². The molecule has 2 heterocycles. The van der Waals surface area contributed by atoms with Crippen molar-refractivity contribution >= 4 is 16.6 Å². The second-order valence-electron chi connectivity index (χ2n) is 8.64. The van der Waals surface area contributed by atoms with E-state index in [1.165, 1.54) is 19.3 Å². The minimum atomic E-state index is 0.0597. The number of aryl methyl sites for hydroxylation is 1. The maximum Gasteiger partial charge on any atom is 0.168 e. The topological polar surface area (TPSA) is 57.0 Å². The van der Waals surface area contributed by atoms with E-state index in [0.29, 0.717) is 11.7 Å². The molecule has 1 fully saturated rings. The summed E-state index contributed by atoms with van der Waals surface area (Å²) >= 11 is 0. The smallest absolute Gasteiger partial charge is 0.168 e. The summed E-state index contributed by atoms with van der Waals surface area (Å²) in [5.74, 6) is 0.907. The van der Waals surface area contributed by atoms with Crippen molar-refractivity contribution in [3.63, 3.8) is 0 Å². The molecule has 2 aromatic heterocycles. The lowest BCUT2D eigenvalue weighted by molar-refractivity contribution is 0.0992. The van der Waals surface area contributed by atoms with Crippen molar-refractivity contribution in [2.45, 2.75) is 44.6 Å². The first-order valence-corrected chi connectivity index (χ1v) is 11.3. The van der Waals surface area contributed by atoms with Gasteiger partial charge in [-0.05, 0) is 73.0 Å². The third-order valence-electron chi connectivity index (χ3n) is 6.19. The fourth-order valence-corrected chi connectivity index (χ4v) is 4.39. The van der Waals surface area contributed by atoms with Crippen molar-refractivity contribution in [3.8, 4) is 16.9 Å². The number of hydrogen-bond donors (Lipinski definition) is 0. The quantitative estimate of drug-likeness (QED) is 0.368. The van der Waals surface area contributed by atoms with Crippen LogP contribution in [0.3, 0.4) is 0 Å². The molecule has 0 N–H and O–H groups in total. The molecule has 0 saturated heterocycles. The molecule has 0 aliphatic heterocycles. The van der Waals surface area contributed by atoms with Gasteiger partial charge in [0.25, 0.3) is 0 Å². The van der Waals surface area contributed by atoms with E-state index in [1.54, 1.807) is 4.68 Å². The molecule has 162 valence electrons. The number of nitrogens with zero attached hydrogens (tertiary/aromatic N) is 3. The molecule has 0 spiro atoms. The van der Waals surface area contributed by atoms with Gasteiger partial charge in [0, 0.05) is 41.6 Å². The standard InChI is InChI=1S/C27H27N3O2/c1-30-18-23(17-29-30)20-7-8-21-16-28-24(14-22(21)13-20)15-27(31)19-9-11-26(12-10-19)32-25-5-3-2-4-6-25/h7-14,16-18,25H,2-6,15H2,1H3. The van der Waals surface area contributed by atoms with E-state index in [9.17, 15) is 4.79 Å². The van der Waals surface area contributed by atoms with Gasteiger partial charge in [-0.3, -0.25) is 14.5 Å². The van der Waals surface area contributed by atoms with Crippen LogP contribution in [0.4, 0.5) is 0 Å². The van der Waals surface area contributed by atoms with Gasteiger partial charge < -0.3 is 4.74 Å². The van der Waals surface area contributed by atoms with E-state index in [2.05, 4.69) is 28.3 Å². The maximum absolute atomic E-state index is 12.9. The highest BCUT2D eigenvalue weighted by molar-refractivity contribution is 5.98. The monoisotopic (exact) mass is 425 g/mol. The number of carbonyl (C=O) groups excluding carboxylic acids is 1. The van der Waals surface area contributed by atoms with Gasteiger partial charge in [-0.15, -0.1) is 0 Å². The number of carbonyl (C=O) groups is 1. The third-order valence-corrected chi connectivity index (χ3v) is 6.19. The Balaban J connectivity index is 1.29. The molecule has 4 aromatic rings. The average Bonchev–Trinajstić information content (AvgIpc) is 3.26. The Bertz CT molecular complexity index is 1240. The van der Waals surface area contributed by atoms with Gasteiger partial charge in [0.15, 0.2) is 5.78 Å². The molecule has 32 heavy (non-hydrogen) atoms. The maximum atomic E-state index is 12.9. The lowest BCUT2D eigenvalue weighted by Crippen LogP contribution is -2.19. The first-order valence-electron chi connectivity index (χ1n) is 11.3. The Hall–Kier alpha value is -3.47. The third kappa shape index (κ3) is 4.57. The predicted molar refractivity (Wildman–Crippen MR) is 126 cm³/mol. The summed E-state index contributed by atoms with van der Waals surface area (Å²) in [7, 11) is 1.91. The second kappa shape index (κ2) is 8.95. The molecule has 5 nitrogen and oxygen atoms in total. The van der Waals surface area contributed by atoms with E-state index < -0.39 is 0 Å². The minimum absolute atomic E-state index is 0.0597. The van der Waals surface area contributed by atoms with Crippen LogP contribution in [0.15, 0.2) is 67.1 Å². The van der Waals surface area contributed by atoms with Crippen LogP contribution in [-0.2, 0) is 13.5 Å². The van der Waals surface area contributed by atoms with Crippen molar-refractivity contribution in [2.75, 3.05) is 0 Å². The van der Waals surface area contributed by atoms with Gasteiger partial charge in [-0.25, -0.2) is 0 Å². The Morgan fingerprint density at radius 3 is 2.53 bits per heavy atom. The highest BCUT2D eigenvalue weighted by Crippen LogP contribution is 2.26. The van der Waals surface area contributed by atoms with Gasteiger partial charge in [0.2, 0.25) is 0 Å². The highest BCUT2D eigenvalue weighted by Gasteiger charge is 2.15. The number of fused-ring (bicyclic) bond motifs is 1. The lowest BCUT2D eigenvalue weighted by Gasteiger charge is -2.23. The number of aromatic nitrogens is 3. The fourth-order valence-electron chi connectivity index (χ4n) is 4.39. The van der Waals surface area contributed by atoms with E-state index in [4.69, 9.17) is 4.74 Å². The molecule has 0 atom stereocenters. The molecule has 0 radical (unpaired) electrons. The highest BCUT2D eigenvalue weighted by atomic mass is 16.5. The van der Waals surface area contributed by atoms with Crippen LogP contribution in [-0.4, -0.2) is 26.7 Å². The van der Waals surface area contributed by atoms with Gasteiger partial charge in [0.05, 0.1) is 18.7 Å². The van der Waals surface area contributed by atoms with Crippen LogP contribution < -0.4 is 4.74 Å². The van der Waals surface area contributed by atoms with Gasteiger partial charge in [0.1, 0.15) is 5.75 Å². The van der Waals surface area contributed by atoms with E-state index >= 15 is 0 Å². The van der Waals surface area contributed by atoms with Crippen LogP contribution in [0, 0.1) is 0 Å². The number of benzene rings is 2. The van der Waals surface area contributed by atoms with Crippen molar-refractivity contribution in [2.24, 2.45) is 7.05 Å². The number of pyridine rings is 1. The molecule has 0 unspecified atom stereocenters. The normalized spacial score (nSPS) is 14.5.